The number of carbonyl (C=O) groups is 2. The van der Waals surface area contributed by atoms with E-state index in [9.17, 15) is 14.9 Å². The molecule has 2 aromatic heterocycles. The molecule has 14 heteroatoms. The fraction of sp³-hybridized carbons (Fsp3) is 0.375. The topological polar surface area (TPSA) is 178 Å². The van der Waals surface area contributed by atoms with E-state index in [-0.39, 0.29) is 35.7 Å². The summed E-state index contributed by atoms with van der Waals surface area (Å²) in [6, 6.07) is 26.4. The Morgan fingerprint density at radius 3 is 1.61 bits per heavy atom. The minimum Gasteiger partial charge on any atom is -0.486 e. The molecule has 4 unspecified atom stereocenters. The van der Waals surface area contributed by atoms with Gasteiger partial charge in [-0.05, 0) is 111 Å². The molecular formula is C48H48N8O6. The van der Waals surface area contributed by atoms with Gasteiger partial charge in [0.2, 0.25) is 0 Å². The van der Waals surface area contributed by atoms with E-state index < -0.39 is 0 Å². The SMILES string of the molecule is Cn1c(C2CCCC(NC(=O)c3ccc4c(c3)OCCO4)C2)nc2cc(C#N)ccc21.Cn1c(C2CCCC(NC(=O)c3ccc4c(c3)OCCO4)C2)nc2ccc(C#N)cc21. The zero-order chi connectivity index (χ0) is 42.7. The second-order valence-corrected chi connectivity index (χ2v) is 16.5. The monoisotopic (exact) mass is 832 g/mol. The van der Waals surface area contributed by atoms with Gasteiger partial charge in [0.25, 0.3) is 11.8 Å². The van der Waals surface area contributed by atoms with Crippen LogP contribution in [0.15, 0.2) is 72.8 Å². The van der Waals surface area contributed by atoms with E-state index in [4.69, 9.17) is 34.2 Å². The van der Waals surface area contributed by atoms with Crippen LogP contribution in [0.5, 0.6) is 23.0 Å². The van der Waals surface area contributed by atoms with Gasteiger partial charge in [-0.15, -0.1) is 0 Å². The zero-order valence-electron chi connectivity index (χ0n) is 34.9. The van der Waals surface area contributed by atoms with Gasteiger partial charge in [-0.25, -0.2) is 9.97 Å². The van der Waals surface area contributed by atoms with Crippen molar-refractivity contribution in [3.05, 3.63) is 107 Å². The molecule has 4 heterocycles. The molecule has 2 N–H and O–H groups in total. The summed E-state index contributed by atoms with van der Waals surface area (Å²) < 4.78 is 26.5. The summed E-state index contributed by atoms with van der Waals surface area (Å²) in [5.41, 5.74) is 6.16. The van der Waals surface area contributed by atoms with Crippen LogP contribution in [0.2, 0.25) is 0 Å². The molecule has 0 radical (unpaired) electrons. The Labute approximate surface area is 359 Å². The standard InChI is InChI=1S/2C24H24N4O3/c1-28-20-7-5-15(14-25)11-19(20)27-23(28)16-3-2-4-18(12-16)26-24(29)17-6-8-21-22(13-17)31-10-9-30-21;1-28-20-11-15(14-25)5-7-19(20)27-23(28)16-3-2-4-18(12-16)26-24(29)17-6-8-21-22(13-17)31-10-9-30-21/h2*5-8,11,13,16,18H,2-4,9-10,12H2,1H3,(H,26,29). The highest BCUT2D eigenvalue weighted by Crippen LogP contribution is 2.37. The number of carbonyl (C=O) groups excluding carboxylic acids is 2. The number of rotatable bonds is 6. The normalized spacial score (nSPS) is 20.3. The lowest BCUT2D eigenvalue weighted by atomic mass is 9.85. The van der Waals surface area contributed by atoms with Crippen molar-refractivity contribution in [1.82, 2.24) is 29.7 Å². The number of imidazole rings is 2. The molecule has 10 rings (SSSR count). The highest BCUT2D eigenvalue weighted by atomic mass is 16.6. The number of benzene rings is 4. The number of aromatic nitrogens is 4. The second-order valence-electron chi connectivity index (χ2n) is 16.5. The van der Waals surface area contributed by atoms with E-state index in [0.717, 1.165) is 85.1 Å². The summed E-state index contributed by atoms with van der Waals surface area (Å²) in [5.74, 6) is 4.99. The number of amides is 2. The van der Waals surface area contributed by atoms with Crippen molar-refractivity contribution in [1.29, 1.82) is 10.5 Å². The van der Waals surface area contributed by atoms with E-state index in [1.54, 1.807) is 42.5 Å². The van der Waals surface area contributed by atoms with Gasteiger partial charge in [0.15, 0.2) is 23.0 Å². The molecule has 4 aliphatic rings. The van der Waals surface area contributed by atoms with Crippen LogP contribution in [0.4, 0.5) is 0 Å². The quantitative estimate of drug-likeness (QED) is 0.173. The molecule has 0 saturated heterocycles. The van der Waals surface area contributed by atoms with E-state index in [1.807, 2.05) is 44.4 Å². The highest BCUT2D eigenvalue weighted by molar-refractivity contribution is 5.95. The Kier molecular flexibility index (Phi) is 11.4. The average Bonchev–Trinajstić information content (AvgIpc) is 3.83. The maximum Gasteiger partial charge on any atom is 0.251 e. The van der Waals surface area contributed by atoms with Gasteiger partial charge < -0.3 is 38.7 Å². The third-order valence-electron chi connectivity index (χ3n) is 12.4. The maximum absolute atomic E-state index is 12.9. The first-order valence-corrected chi connectivity index (χ1v) is 21.4. The molecule has 0 spiro atoms. The third kappa shape index (κ3) is 8.33. The van der Waals surface area contributed by atoms with E-state index in [1.165, 1.54) is 0 Å². The maximum atomic E-state index is 12.9. The second kappa shape index (κ2) is 17.5. The summed E-state index contributed by atoms with van der Waals surface area (Å²) >= 11 is 0. The predicted molar refractivity (Wildman–Crippen MR) is 231 cm³/mol. The Morgan fingerprint density at radius 1 is 0.581 bits per heavy atom. The predicted octanol–water partition coefficient (Wildman–Crippen LogP) is 7.34. The number of aryl methyl sites for hydroxylation is 2. The van der Waals surface area contributed by atoms with Crippen LogP contribution in [-0.2, 0) is 14.1 Å². The molecule has 2 amide bonds. The summed E-state index contributed by atoms with van der Waals surface area (Å²) in [6.45, 7) is 2.05. The lowest BCUT2D eigenvalue weighted by molar-refractivity contribution is 0.0914. The fourth-order valence-electron chi connectivity index (χ4n) is 9.31. The van der Waals surface area contributed by atoms with Crippen LogP contribution < -0.4 is 29.6 Å². The van der Waals surface area contributed by atoms with E-state index in [0.29, 0.717) is 71.7 Å². The summed E-state index contributed by atoms with van der Waals surface area (Å²) in [4.78, 5) is 35.4. The molecule has 316 valence electrons. The van der Waals surface area contributed by atoms with Crippen LogP contribution >= 0.6 is 0 Å². The van der Waals surface area contributed by atoms with E-state index >= 15 is 0 Å². The molecule has 2 fully saturated rings. The number of ether oxygens (including phenoxy) is 4. The Balaban J connectivity index is 0.000000158. The summed E-state index contributed by atoms with van der Waals surface area (Å²) in [5, 5.41) is 24.7. The van der Waals surface area contributed by atoms with Gasteiger partial charge in [-0.1, -0.05) is 12.8 Å². The smallest absolute Gasteiger partial charge is 0.251 e. The number of fused-ring (bicyclic) bond motifs is 4. The largest absolute Gasteiger partial charge is 0.486 e. The van der Waals surface area contributed by atoms with Crippen molar-refractivity contribution in [2.45, 2.75) is 75.3 Å². The van der Waals surface area contributed by atoms with Crippen molar-refractivity contribution < 1.29 is 28.5 Å². The van der Waals surface area contributed by atoms with Gasteiger partial charge in [0.1, 0.15) is 38.1 Å². The zero-order valence-corrected chi connectivity index (χ0v) is 34.9. The molecule has 62 heavy (non-hydrogen) atoms. The minimum absolute atomic E-state index is 0.0914. The first-order valence-electron chi connectivity index (χ1n) is 21.4. The summed E-state index contributed by atoms with van der Waals surface area (Å²) in [6.07, 6.45) is 7.74. The Hall–Kier alpha value is -7.06. The van der Waals surface area contributed by atoms with Gasteiger partial charge >= 0.3 is 0 Å². The first-order chi connectivity index (χ1) is 30.2. The van der Waals surface area contributed by atoms with Crippen LogP contribution in [0.1, 0.15) is 107 Å². The number of hydrogen-bond acceptors (Lipinski definition) is 10. The van der Waals surface area contributed by atoms with Crippen molar-refractivity contribution in [3.8, 4) is 35.1 Å². The fourth-order valence-corrected chi connectivity index (χ4v) is 9.31. The third-order valence-corrected chi connectivity index (χ3v) is 12.4. The van der Waals surface area contributed by atoms with Crippen molar-refractivity contribution in [3.63, 3.8) is 0 Å². The van der Waals surface area contributed by atoms with Crippen LogP contribution in [-0.4, -0.2) is 69.4 Å². The van der Waals surface area contributed by atoms with Crippen molar-refractivity contribution in [2.24, 2.45) is 14.1 Å². The molecule has 14 nitrogen and oxygen atoms in total. The molecular weight excluding hydrogens is 785 g/mol. The lowest BCUT2D eigenvalue weighted by Gasteiger charge is -2.29. The molecule has 0 bridgehead atoms. The molecule has 4 atom stereocenters. The molecule has 4 aromatic carbocycles. The Morgan fingerprint density at radius 2 is 1.06 bits per heavy atom. The van der Waals surface area contributed by atoms with Crippen LogP contribution in [0.3, 0.4) is 0 Å². The van der Waals surface area contributed by atoms with Crippen molar-refractivity contribution in [2.75, 3.05) is 26.4 Å². The molecule has 6 aromatic rings. The average molecular weight is 833 g/mol. The van der Waals surface area contributed by atoms with Gasteiger partial charge in [-0.2, -0.15) is 10.5 Å². The first kappa shape index (κ1) is 40.4. The number of nitrogens with zero attached hydrogens (tertiary/aromatic N) is 6. The van der Waals surface area contributed by atoms with Crippen molar-refractivity contribution >= 4 is 33.9 Å². The summed E-state index contributed by atoms with van der Waals surface area (Å²) in [7, 11) is 4.03. The van der Waals surface area contributed by atoms with Crippen LogP contribution in [0, 0.1) is 22.7 Å². The van der Waals surface area contributed by atoms with E-state index in [2.05, 4.69) is 31.9 Å². The minimum atomic E-state index is -0.0914. The van der Waals surface area contributed by atoms with Gasteiger partial charge in [0.05, 0.1) is 45.3 Å². The number of nitriles is 2. The Bertz CT molecular complexity index is 2670. The lowest BCUT2D eigenvalue weighted by Crippen LogP contribution is -2.38. The molecule has 2 aliphatic heterocycles. The molecule has 2 saturated carbocycles. The van der Waals surface area contributed by atoms with Gasteiger partial charge in [-0.3, -0.25) is 9.59 Å². The molecule has 2 aliphatic carbocycles. The number of nitrogens with one attached hydrogen (secondary N) is 2. The number of hydrogen-bond donors (Lipinski definition) is 2. The van der Waals surface area contributed by atoms with Gasteiger partial charge in [0, 0.05) is 49.1 Å². The van der Waals surface area contributed by atoms with Crippen LogP contribution in [0.25, 0.3) is 22.1 Å². The highest BCUT2D eigenvalue weighted by Gasteiger charge is 2.30.